The predicted octanol–water partition coefficient (Wildman–Crippen LogP) is 1.56. The van der Waals surface area contributed by atoms with Gasteiger partial charge in [-0.1, -0.05) is 30.3 Å². The lowest BCUT2D eigenvalue weighted by atomic mass is 10.2. The maximum atomic E-state index is 9.20. The first-order valence-corrected chi connectivity index (χ1v) is 8.03. The summed E-state index contributed by atoms with van der Waals surface area (Å²) >= 11 is 1.36. The minimum Gasteiger partial charge on any atom is -0.388 e. The molecule has 3 heterocycles. The van der Waals surface area contributed by atoms with Crippen LogP contribution < -0.4 is 0 Å². The zero-order chi connectivity index (χ0) is 16.5. The van der Waals surface area contributed by atoms with E-state index < -0.39 is 0 Å². The zero-order valence-corrected chi connectivity index (χ0v) is 13.6. The third-order valence-corrected chi connectivity index (χ3v) is 4.50. The number of fused-ring (bicyclic) bond motifs is 1. The van der Waals surface area contributed by atoms with E-state index in [9.17, 15) is 5.11 Å². The maximum absolute atomic E-state index is 9.20. The Morgan fingerprint density at radius 3 is 2.58 bits per heavy atom. The van der Waals surface area contributed by atoms with Crippen molar-refractivity contribution in [1.82, 2.24) is 34.6 Å². The van der Waals surface area contributed by atoms with E-state index in [-0.39, 0.29) is 6.61 Å². The standard InChI is InChI=1S/C15H13N7OS/c1-21-12(9-23)17-19-15(21)24-13-8-7-11-16-18-14(22(11)20-13)10-5-3-2-4-6-10/h2-8,23H,9H2,1H3. The Labute approximate surface area is 141 Å². The van der Waals surface area contributed by atoms with Gasteiger partial charge in [-0.05, 0) is 23.9 Å². The molecule has 3 aromatic heterocycles. The van der Waals surface area contributed by atoms with Crippen molar-refractivity contribution in [3.63, 3.8) is 0 Å². The van der Waals surface area contributed by atoms with Gasteiger partial charge in [-0.3, -0.25) is 0 Å². The van der Waals surface area contributed by atoms with Crippen LogP contribution >= 0.6 is 11.8 Å². The van der Waals surface area contributed by atoms with Gasteiger partial charge >= 0.3 is 0 Å². The highest BCUT2D eigenvalue weighted by molar-refractivity contribution is 7.99. The second-order valence-corrected chi connectivity index (χ2v) is 6.04. The molecule has 0 atom stereocenters. The molecule has 24 heavy (non-hydrogen) atoms. The lowest BCUT2D eigenvalue weighted by Crippen LogP contribution is -2.00. The molecule has 0 unspecified atom stereocenters. The highest BCUT2D eigenvalue weighted by atomic mass is 32.2. The fraction of sp³-hybridized carbons (Fsp3) is 0.133. The molecule has 4 rings (SSSR count). The van der Waals surface area contributed by atoms with Crippen molar-refractivity contribution in [1.29, 1.82) is 0 Å². The van der Waals surface area contributed by atoms with E-state index in [0.717, 1.165) is 10.6 Å². The van der Waals surface area contributed by atoms with Crippen molar-refractivity contribution in [3.05, 3.63) is 48.3 Å². The summed E-state index contributed by atoms with van der Waals surface area (Å²) in [5.74, 6) is 1.19. The first-order valence-electron chi connectivity index (χ1n) is 7.21. The Morgan fingerprint density at radius 2 is 1.83 bits per heavy atom. The number of aliphatic hydroxyl groups is 1. The number of aromatic nitrogens is 7. The summed E-state index contributed by atoms with van der Waals surface area (Å²) in [5.41, 5.74) is 1.62. The minimum absolute atomic E-state index is 0.153. The summed E-state index contributed by atoms with van der Waals surface area (Å²) in [7, 11) is 1.81. The molecule has 8 nitrogen and oxygen atoms in total. The van der Waals surface area contributed by atoms with Gasteiger partial charge in [-0.15, -0.1) is 20.4 Å². The maximum Gasteiger partial charge on any atom is 0.197 e. The van der Waals surface area contributed by atoms with Crippen molar-refractivity contribution in [2.75, 3.05) is 0 Å². The predicted molar refractivity (Wildman–Crippen MR) is 87.3 cm³/mol. The van der Waals surface area contributed by atoms with Crippen LogP contribution in [0.4, 0.5) is 0 Å². The van der Waals surface area contributed by atoms with Crippen molar-refractivity contribution in [3.8, 4) is 11.4 Å². The smallest absolute Gasteiger partial charge is 0.197 e. The number of hydrogen-bond acceptors (Lipinski definition) is 7. The monoisotopic (exact) mass is 339 g/mol. The summed E-state index contributed by atoms with van der Waals surface area (Å²) in [6.07, 6.45) is 0. The van der Waals surface area contributed by atoms with E-state index in [2.05, 4.69) is 25.5 Å². The fourth-order valence-corrected chi connectivity index (χ4v) is 3.03. The van der Waals surface area contributed by atoms with Crippen LogP contribution in [0.2, 0.25) is 0 Å². The lowest BCUT2D eigenvalue weighted by molar-refractivity contribution is 0.266. The van der Waals surface area contributed by atoms with E-state index in [4.69, 9.17) is 0 Å². The highest BCUT2D eigenvalue weighted by Gasteiger charge is 2.13. The second-order valence-electron chi connectivity index (χ2n) is 5.05. The Balaban J connectivity index is 1.73. The van der Waals surface area contributed by atoms with Gasteiger partial charge in [-0.25, -0.2) is 0 Å². The van der Waals surface area contributed by atoms with Crippen LogP contribution in [0.1, 0.15) is 5.82 Å². The van der Waals surface area contributed by atoms with E-state index in [1.54, 1.807) is 16.1 Å². The summed E-state index contributed by atoms with van der Waals surface area (Å²) in [6, 6.07) is 13.5. The molecule has 0 spiro atoms. The molecule has 0 aliphatic carbocycles. The molecule has 0 aliphatic heterocycles. The Kier molecular flexibility index (Phi) is 3.71. The van der Waals surface area contributed by atoms with Gasteiger partial charge in [0.1, 0.15) is 11.6 Å². The second kappa shape index (κ2) is 6.02. The molecule has 0 amide bonds. The molecule has 0 saturated carbocycles. The largest absolute Gasteiger partial charge is 0.388 e. The van der Waals surface area contributed by atoms with Crippen molar-refractivity contribution in [2.24, 2.45) is 7.05 Å². The number of hydrogen-bond donors (Lipinski definition) is 1. The van der Waals surface area contributed by atoms with Crippen LogP contribution in [0.5, 0.6) is 0 Å². The van der Waals surface area contributed by atoms with Crippen molar-refractivity contribution < 1.29 is 5.11 Å². The zero-order valence-electron chi connectivity index (χ0n) is 12.7. The lowest BCUT2D eigenvalue weighted by Gasteiger charge is -2.03. The highest BCUT2D eigenvalue weighted by Crippen LogP contribution is 2.25. The van der Waals surface area contributed by atoms with Gasteiger partial charge in [0.15, 0.2) is 22.5 Å². The number of nitrogens with zero attached hydrogens (tertiary/aromatic N) is 7. The first-order chi connectivity index (χ1) is 11.8. The molecule has 1 aromatic carbocycles. The van der Waals surface area contributed by atoms with Crippen LogP contribution in [0.3, 0.4) is 0 Å². The summed E-state index contributed by atoms with van der Waals surface area (Å²) in [5, 5.41) is 31.6. The van der Waals surface area contributed by atoms with Gasteiger partial charge in [0.25, 0.3) is 0 Å². The Hall–Kier alpha value is -2.78. The van der Waals surface area contributed by atoms with E-state index in [0.29, 0.717) is 22.5 Å². The van der Waals surface area contributed by atoms with Gasteiger partial charge in [0.2, 0.25) is 0 Å². The molecule has 0 fully saturated rings. The van der Waals surface area contributed by atoms with E-state index >= 15 is 0 Å². The normalized spacial score (nSPS) is 11.2. The molecule has 0 radical (unpaired) electrons. The quantitative estimate of drug-likeness (QED) is 0.603. The average Bonchev–Trinajstić information content (AvgIpc) is 3.19. The van der Waals surface area contributed by atoms with E-state index in [1.807, 2.05) is 42.5 Å². The first kappa shape index (κ1) is 14.8. The van der Waals surface area contributed by atoms with Crippen LogP contribution in [0, 0.1) is 0 Å². The summed E-state index contributed by atoms with van der Waals surface area (Å²) < 4.78 is 3.45. The summed E-state index contributed by atoms with van der Waals surface area (Å²) in [4.78, 5) is 0. The average molecular weight is 339 g/mol. The van der Waals surface area contributed by atoms with Crippen LogP contribution in [0.25, 0.3) is 17.0 Å². The van der Waals surface area contributed by atoms with Gasteiger partial charge in [-0.2, -0.15) is 9.61 Å². The van der Waals surface area contributed by atoms with E-state index in [1.165, 1.54) is 11.8 Å². The van der Waals surface area contributed by atoms with Gasteiger partial charge in [0, 0.05) is 12.6 Å². The van der Waals surface area contributed by atoms with Gasteiger partial charge in [0.05, 0.1) is 0 Å². The van der Waals surface area contributed by atoms with Crippen molar-refractivity contribution >= 4 is 17.4 Å². The molecule has 9 heteroatoms. The number of benzene rings is 1. The minimum atomic E-state index is -0.153. The molecule has 0 saturated heterocycles. The Bertz CT molecular complexity index is 996. The molecular weight excluding hydrogens is 326 g/mol. The molecule has 1 N–H and O–H groups in total. The Morgan fingerprint density at radius 1 is 1.00 bits per heavy atom. The molecule has 120 valence electrons. The third-order valence-electron chi connectivity index (χ3n) is 3.53. The van der Waals surface area contributed by atoms with Crippen molar-refractivity contribution in [2.45, 2.75) is 16.8 Å². The SMILES string of the molecule is Cn1c(CO)nnc1Sc1ccc2nnc(-c3ccccc3)n2n1. The van der Waals surface area contributed by atoms with Crippen LogP contribution in [-0.4, -0.2) is 39.7 Å². The molecular formula is C15H13N7OS. The number of aliphatic hydroxyl groups excluding tert-OH is 1. The summed E-state index contributed by atoms with van der Waals surface area (Å²) in [6.45, 7) is -0.153. The molecule has 0 aliphatic rings. The van der Waals surface area contributed by atoms with Crippen LogP contribution in [-0.2, 0) is 13.7 Å². The third kappa shape index (κ3) is 2.53. The fourth-order valence-electron chi connectivity index (χ4n) is 2.26. The molecule has 4 aromatic rings. The number of rotatable bonds is 4. The van der Waals surface area contributed by atoms with Gasteiger partial charge < -0.3 is 9.67 Å². The van der Waals surface area contributed by atoms with Crippen LogP contribution in [0.15, 0.2) is 52.6 Å². The topological polar surface area (TPSA) is 94.0 Å². The molecule has 0 bridgehead atoms.